The zero-order chi connectivity index (χ0) is 31.9. The third kappa shape index (κ3) is 9.47. The topological polar surface area (TPSA) is 163 Å². The van der Waals surface area contributed by atoms with Gasteiger partial charge in [0.15, 0.2) is 5.76 Å². The number of aliphatic imine (C=N–C) groups is 1. The molecular formula is C34H41N7O3. The van der Waals surface area contributed by atoms with Crippen LogP contribution < -0.4 is 16.4 Å². The van der Waals surface area contributed by atoms with Crippen LogP contribution in [0.25, 0.3) is 11.0 Å². The Morgan fingerprint density at radius 2 is 1.77 bits per heavy atom. The first kappa shape index (κ1) is 33.4. The Bertz CT molecular complexity index is 1530. The Kier molecular flexibility index (Phi) is 13.0. The van der Waals surface area contributed by atoms with E-state index in [1.54, 1.807) is 31.5 Å². The van der Waals surface area contributed by atoms with Crippen LogP contribution in [0.1, 0.15) is 59.9 Å². The van der Waals surface area contributed by atoms with E-state index in [0.717, 1.165) is 36.6 Å². The fraction of sp³-hybridized carbons (Fsp3) is 0.265. The molecular weight excluding hydrogens is 554 g/mol. The third-order valence-electron chi connectivity index (χ3n) is 6.93. The molecule has 2 aromatic heterocycles. The Balaban J connectivity index is 0.000000592. The first-order chi connectivity index (χ1) is 21.3. The highest BCUT2D eigenvalue weighted by molar-refractivity contribution is 6.16. The molecule has 1 fully saturated rings. The van der Waals surface area contributed by atoms with E-state index in [1.165, 1.54) is 6.33 Å². The van der Waals surface area contributed by atoms with E-state index in [2.05, 4.69) is 38.8 Å². The van der Waals surface area contributed by atoms with Crippen molar-refractivity contribution in [2.24, 2.45) is 4.99 Å². The molecule has 1 saturated carbocycles. The largest absolute Gasteiger partial charge is 0.451 e. The summed E-state index contributed by atoms with van der Waals surface area (Å²) in [5.41, 5.74) is 9.03. The number of aromatic nitrogens is 2. The second-order valence-corrected chi connectivity index (χ2v) is 10.0. The molecule has 44 heavy (non-hydrogen) atoms. The van der Waals surface area contributed by atoms with Crippen molar-refractivity contribution in [3.8, 4) is 0 Å². The van der Waals surface area contributed by atoms with Gasteiger partial charge in [-0.3, -0.25) is 10.2 Å². The monoisotopic (exact) mass is 595 g/mol. The van der Waals surface area contributed by atoms with E-state index >= 15 is 0 Å². The second-order valence-electron chi connectivity index (χ2n) is 10.0. The van der Waals surface area contributed by atoms with E-state index in [4.69, 9.17) is 15.6 Å². The molecule has 0 atom stereocenters. The number of para-hydroxylation sites is 1. The predicted octanol–water partition coefficient (Wildman–Crippen LogP) is 5.93. The molecule has 0 spiro atoms. The van der Waals surface area contributed by atoms with Gasteiger partial charge < -0.3 is 30.9 Å². The number of hydrogen-bond acceptors (Lipinski definition) is 9. The number of nitrogens with zero attached hydrogens (tertiary/aromatic N) is 3. The molecule has 0 saturated heterocycles. The fourth-order valence-corrected chi connectivity index (χ4v) is 4.47. The molecule has 0 radical (unpaired) electrons. The van der Waals surface area contributed by atoms with Crippen molar-refractivity contribution < 1.29 is 14.3 Å². The van der Waals surface area contributed by atoms with Gasteiger partial charge in [-0.2, -0.15) is 0 Å². The minimum absolute atomic E-state index is 0.159. The number of carbonyl (C=O) groups is 1. The summed E-state index contributed by atoms with van der Waals surface area (Å²) in [6.07, 6.45) is 9.29. The zero-order valence-corrected chi connectivity index (χ0v) is 25.3. The number of aliphatic hydroxyl groups excluding tert-OH is 1. The van der Waals surface area contributed by atoms with Gasteiger partial charge in [0.05, 0.1) is 17.4 Å². The molecule has 10 heteroatoms. The molecule has 6 N–H and O–H groups in total. The Morgan fingerprint density at radius 1 is 1.11 bits per heavy atom. The molecule has 0 aliphatic heterocycles. The smallest absolute Gasteiger partial charge is 0.287 e. The first-order valence-corrected chi connectivity index (χ1v) is 14.4. The van der Waals surface area contributed by atoms with Gasteiger partial charge in [-0.25, -0.2) is 9.97 Å². The van der Waals surface area contributed by atoms with E-state index < -0.39 is 0 Å². The quantitative estimate of drug-likeness (QED) is 0.124. The Morgan fingerprint density at radius 3 is 2.39 bits per heavy atom. The number of hydrogen-bond donors (Lipinski definition) is 5. The number of nitrogen functional groups attached to an aromatic ring is 1. The van der Waals surface area contributed by atoms with Crippen molar-refractivity contribution in [1.29, 1.82) is 5.41 Å². The first-order valence-electron chi connectivity index (χ1n) is 14.4. The number of amides is 1. The number of carbonyl (C=O) groups excluding carboxylic acids is 1. The maximum absolute atomic E-state index is 12.5. The SMILES string of the molecule is C=CC=C.CC=NC.N=C(c1ccc(CNC(=O)c2cc3ccccc3o2)cc1)c1c(N)ncnc1NC1CCC(O)CC1. The van der Waals surface area contributed by atoms with E-state index in [9.17, 15) is 9.90 Å². The lowest BCUT2D eigenvalue weighted by atomic mass is 9.93. The number of fused-ring (bicyclic) bond motifs is 1. The predicted molar refractivity (Wildman–Crippen MR) is 179 cm³/mol. The van der Waals surface area contributed by atoms with Crippen LogP contribution in [-0.4, -0.2) is 52.1 Å². The summed E-state index contributed by atoms with van der Waals surface area (Å²) in [7, 11) is 1.75. The van der Waals surface area contributed by atoms with Gasteiger partial charge in [-0.1, -0.05) is 67.8 Å². The summed E-state index contributed by atoms with van der Waals surface area (Å²) < 4.78 is 5.62. The molecule has 1 aliphatic carbocycles. The summed E-state index contributed by atoms with van der Waals surface area (Å²) in [5, 5.41) is 25.7. The van der Waals surface area contributed by atoms with Crippen LogP contribution in [0, 0.1) is 5.41 Å². The normalized spacial score (nSPS) is 15.7. The van der Waals surface area contributed by atoms with E-state index in [0.29, 0.717) is 29.1 Å². The number of nitrogens with two attached hydrogens (primary N) is 1. The molecule has 1 amide bonds. The van der Waals surface area contributed by atoms with Crippen LogP contribution in [0.5, 0.6) is 0 Å². The summed E-state index contributed by atoms with van der Waals surface area (Å²) in [6, 6.07) is 16.7. The van der Waals surface area contributed by atoms with Crippen molar-refractivity contribution >= 4 is 40.4 Å². The summed E-state index contributed by atoms with van der Waals surface area (Å²) >= 11 is 0. The zero-order valence-electron chi connectivity index (χ0n) is 25.3. The third-order valence-corrected chi connectivity index (χ3v) is 6.93. The maximum atomic E-state index is 12.5. The number of nitrogens with one attached hydrogen (secondary N) is 3. The van der Waals surface area contributed by atoms with Gasteiger partial charge in [-0.05, 0) is 56.5 Å². The number of furan rings is 1. The van der Waals surface area contributed by atoms with Crippen molar-refractivity contribution in [3.63, 3.8) is 0 Å². The van der Waals surface area contributed by atoms with Crippen molar-refractivity contribution in [2.75, 3.05) is 18.1 Å². The summed E-state index contributed by atoms with van der Waals surface area (Å²) in [6.45, 7) is 8.93. The average Bonchev–Trinajstić information content (AvgIpc) is 3.50. The second kappa shape index (κ2) is 17.1. The lowest BCUT2D eigenvalue weighted by Crippen LogP contribution is -2.29. The summed E-state index contributed by atoms with van der Waals surface area (Å²) in [4.78, 5) is 24.6. The van der Waals surface area contributed by atoms with Crippen LogP contribution in [-0.2, 0) is 6.54 Å². The Hall–Kier alpha value is -5.09. The van der Waals surface area contributed by atoms with Gasteiger partial charge in [0.1, 0.15) is 23.5 Å². The minimum Gasteiger partial charge on any atom is -0.451 e. The van der Waals surface area contributed by atoms with Gasteiger partial charge >= 0.3 is 0 Å². The molecule has 230 valence electrons. The average molecular weight is 596 g/mol. The van der Waals surface area contributed by atoms with Crippen LogP contribution in [0.2, 0.25) is 0 Å². The minimum atomic E-state index is -0.289. The van der Waals surface area contributed by atoms with Crippen molar-refractivity contribution in [3.05, 3.63) is 109 Å². The van der Waals surface area contributed by atoms with Gasteiger partial charge in [0.25, 0.3) is 5.91 Å². The van der Waals surface area contributed by atoms with E-state index in [-0.39, 0.29) is 35.3 Å². The van der Waals surface area contributed by atoms with Gasteiger partial charge in [-0.15, -0.1) is 0 Å². The number of benzene rings is 2. The number of anilines is 2. The highest BCUT2D eigenvalue weighted by atomic mass is 16.3. The molecule has 5 rings (SSSR count). The highest BCUT2D eigenvalue weighted by Crippen LogP contribution is 2.26. The fourth-order valence-electron chi connectivity index (χ4n) is 4.47. The molecule has 1 aliphatic rings. The highest BCUT2D eigenvalue weighted by Gasteiger charge is 2.23. The molecule has 2 heterocycles. The van der Waals surface area contributed by atoms with Crippen molar-refractivity contribution in [2.45, 2.75) is 51.3 Å². The van der Waals surface area contributed by atoms with Crippen LogP contribution in [0.15, 0.2) is 95.6 Å². The standard InChI is InChI=1S/C27H28N6O3.C4H6.C3H7N/c28-24(23-25(29)31-15-32-26(23)33-19-9-11-20(34)12-10-19)17-7-5-16(6-8-17)14-30-27(35)22-13-18-3-1-2-4-21(18)36-22;2*1-3-4-2/h1-8,13,15,19-20,28,34H,9-12,14H2,(H,30,35)(H3,29,31,32,33);3-4H,1-2H2;3H,1-2H3. The van der Waals surface area contributed by atoms with Crippen molar-refractivity contribution in [1.82, 2.24) is 15.3 Å². The van der Waals surface area contributed by atoms with Crippen LogP contribution in [0.4, 0.5) is 11.6 Å². The van der Waals surface area contributed by atoms with Crippen LogP contribution >= 0.6 is 0 Å². The van der Waals surface area contributed by atoms with E-state index in [1.807, 2.05) is 55.5 Å². The lowest BCUT2D eigenvalue weighted by molar-refractivity contribution is 0.0925. The molecule has 2 aromatic carbocycles. The number of aliphatic hydroxyl groups is 1. The van der Waals surface area contributed by atoms with Crippen LogP contribution in [0.3, 0.4) is 0 Å². The molecule has 10 nitrogen and oxygen atoms in total. The number of allylic oxidation sites excluding steroid dienone is 2. The molecule has 4 aromatic rings. The Labute approximate surface area is 258 Å². The molecule has 0 unspecified atom stereocenters. The van der Waals surface area contributed by atoms with Gasteiger partial charge in [0.2, 0.25) is 0 Å². The maximum Gasteiger partial charge on any atom is 0.287 e. The lowest BCUT2D eigenvalue weighted by Gasteiger charge is -2.27. The number of rotatable bonds is 8. The molecule has 0 bridgehead atoms. The summed E-state index contributed by atoms with van der Waals surface area (Å²) in [5.74, 6) is 0.733. The van der Waals surface area contributed by atoms with Gasteiger partial charge in [0, 0.05) is 30.6 Å².